The van der Waals surface area contributed by atoms with Crippen LogP contribution in [0.1, 0.15) is 13.8 Å². The van der Waals surface area contributed by atoms with E-state index in [1.54, 1.807) is 18.2 Å². The van der Waals surface area contributed by atoms with Gasteiger partial charge < -0.3 is 19.9 Å². The molecule has 1 heterocycles. The van der Waals surface area contributed by atoms with Gasteiger partial charge in [0.25, 0.3) is 5.79 Å². The number of nitrogens with one attached hydrogen (secondary N) is 1. The molecule has 0 spiro atoms. The predicted molar refractivity (Wildman–Crippen MR) is 71.0 cm³/mol. The van der Waals surface area contributed by atoms with Crippen LogP contribution in [0.4, 0.5) is 5.69 Å². The molecule has 1 saturated heterocycles. The second-order valence-corrected chi connectivity index (χ2v) is 4.97. The van der Waals surface area contributed by atoms with Crippen LogP contribution in [-0.4, -0.2) is 22.8 Å². The molecular formula is C13H12ClNO5. The van der Waals surface area contributed by atoms with Crippen LogP contribution in [0.2, 0.25) is 5.02 Å². The lowest BCUT2D eigenvalue weighted by Gasteiger charge is -2.30. The van der Waals surface area contributed by atoms with E-state index in [4.69, 9.17) is 21.1 Å². The summed E-state index contributed by atoms with van der Waals surface area (Å²) in [7, 11) is 0. The summed E-state index contributed by atoms with van der Waals surface area (Å²) in [6.07, 6.45) is 0. The number of cyclic esters (lactones) is 2. The molecule has 0 radical (unpaired) electrons. The summed E-state index contributed by atoms with van der Waals surface area (Å²) in [5, 5.41) is 12.8. The van der Waals surface area contributed by atoms with Crippen LogP contribution in [0.3, 0.4) is 0 Å². The van der Waals surface area contributed by atoms with Crippen LogP contribution in [0.15, 0.2) is 35.7 Å². The highest BCUT2D eigenvalue weighted by atomic mass is 35.5. The molecule has 0 atom stereocenters. The van der Waals surface area contributed by atoms with Crippen molar-refractivity contribution in [3.63, 3.8) is 0 Å². The predicted octanol–water partition coefficient (Wildman–Crippen LogP) is 2.36. The summed E-state index contributed by atoms with van der Waals surface area (Å²) in [6, 6.07) is 6.40. The van der Waals surface area contributed by atoms with Crippen LogP contribution in [0.25, 0.3) is 0 Å². The Morgan fingerprint density at radius 2 is 1.85 bits per heavy atom. The highest BCUT2D eigenvalue weighted by Crippen LogP contribution is 2.25. The Hall–Kier alpha value is -2.21. The van der Waals surface area contributed by atoms with Crippen molar-refractivity contribution in [1.82, 2.24) is 0 Å². The average Bonchev–Trinajstić information content (AvgIpc) is 2.25. The Labute approximate surface area is 119 Å². The molecule has 2 rings (SSSR count). The van der Waals surface area contributed by atoms with Gasteiger partial charge in [-0.15, -0.1) is 0 Å². The fourth-order valence-electron chi connectivity index (χ4n) is 1.61. The fourth-order valence-corrected chi connectivity index (χ4v) is 1.80. The number of ether oxygens (including phenoxy) is 2. The average molecular weight is 298 g/mol. The molecule has 106 valence electrons. The second kappa shape index (κ2) is 5.05. The lowest BCUT2D eigenvalue weighted by molar-refractivity contribution is -0.222. The molecule has 0 aromatic heterocycles. The molecule has 0 saturated carbocycles. The Morgan fingerprint density at radius 1 is 1.25 bits per heavy atom. The van der Waals surface area contributed by atoms with Gasteiger partial charge in [-0.05, 0) is 18.2 Å². The van der Waals surface area contributed by atoms with E-state index in [-0.39, 0.29) is 0 Å². The molecule has 1 aromatic carbocycles. The molecule has 0 unspecified atom stereocenters. The van der Waals surface area contributed by atoms with E-state index >= 15 is 0 Å². The van der Waals surface area contributed by atoms with Crippen molar-refractivity contribution in [2.75, 3.05) is 5.32 Å². The number of benzene rings is 1. The molecule has 1 aromatic rings. The number of esters is 2. The third-order valence-electron chi connectivity index (χ3n) is 2.41. The molecular weight excluding hydrogens is 286 g/mol. The minimum atomic E-state index is -1.35. The van der Waals surface area contributed by atoms with Gasteiger partial charge in [0, 0.05) is 24.6 Å². The zero-order valence-electron chi connectivity index (χ0n) is 10.8. The standard InChI is InChI=1S/C13H12ClNO5/c1-13(2)19-11(17)9(12(18)20-13)10(16)15-8-5-3-4-7(14)6-8/h3-6,15-16H,1-2H3. The Bertz CT molecular complexity index is 587. The summed E-state index contributed by atoms with van der Waals surface area (Å²) >= 11 is 5.79. The zero-order chi connectivity index (χ0) is 14.9. The van der Waals surface area contributed by atoms with E-state index < -0.39 is 29.2 Å². The first-order valence-electron chi connectivity index (χ1n) is 5.71. The Balaban J connectivity index is 2.28. The third kappa shape index (κ3) is 3.03. The molecule has 0 aliphatic carbocycles. The minimum Gasteiger partial charge on any atom is -0.494 e. The van der Waals surface area contributed by atoms with Crippen molar-refractivity contribution >= 4 is 29.2 Å². The normalized spacial score (nSPS) is 17.2. The van der Waals surface area contributed by atoms with Crippen molar-refractivity contribution in [3.05, 3.63) is 40.7 Å². The molecule has 7 heteroatoms. The summed E-state index contributed by atoms with van der Waals surface area (Å²) < 4.78 is 9.75. The first kappa shape index (κ1) is 14.2. The van der Waals surface area contributed by atoms with E-state index in [2.05, 4.69) is 5.32 Å². The first-order valence-corrected chi connectivity index (χ1v) is 6.09. The van der Waals surface area contributed by atoms with E-state index in [1.807, 2.05) is 0 Å². The minimum absolute atomic E-state index is 0.410. The highest BCUT2D eigenvalue weighted by molar-refractivity contribution is 6.30. The van der Waals surface area contributed by atoms with Crippen LogP contribution >= 0.6 is 11.6 Å². The maximum Gasteiger partial charge on any atom is 0.354 e. The maximum atomic E-state index is 11.7. The van der Waals surface area contributed by atoms with Crippen molar-refractivity contribution in [2.24, 2.45) is 0 Å². The number of halogens is 1. The van der Waals surface area contributed by atoms with Crippen molar-refractivity contribution in [3.8, 4) is 0 Å². The molecule has 1 aliphatic rings. The molecule has 20 heavy (non-hydrogen) atoms. The lowest BCUT2D eigenvalue weighted by Crippen LogP contribution is -2.42. The Kier molecular flexibility index (Phi) is 3.59. The van der Waals surface area contributed by atoms with Gasteiger partial charge in [0.2, 0.25) is 11.5 Å². The van der Waals surface area contributed by atoms with E-state index in [1.165, 1.54) is 19.9 Å². The van der Waals surface area contributed by atoms with Gasteiger partial charge in [0.05, 0.1) is 0 Å². The number of hydrogen-bond donors (Lipinski definition) is 2. The largest absolute Gasteiger partial charge is 0.494 e. The first-order chi connectivity index (χ1) is 9.28. The zero-order valence-corrected chi connectivity index (χ0v) is 11.5. The van der Waals surface area contributed by atoms with Crippen LogP contribution < -0.4 is 5.32 Å². The van der Waals surface area contributed by atoms with Gasteiger partial charge in [-0.25, -0.2) is 9.59 Å². The second-order valence-electron chi connectivity index (χ2n) is 4.54. The van der Waals surface area contributed by atoms with E-state index in [0.29, 0.717) is 10.7 Å². The highest BCUT2D eigenvalue weighted by Gasteiger charge is 2.41. The summed E-state index contributed by atoms with van der Waals surface area (Å²) in [5.41, 5.74) is -0.183. The number of carbonyl (C=O) groups is 2. The number of aliphatic hydroxyl groups is 1. The van der Waals surface area contributed by atoms with Gasteiger partial charge in [0.15, 0.2) is 0 Å². The van der Waals surface area contributed by atoms with Crippen LogP contribution in [-0.2, 0) is 19.1 Å². The summed E-state index contributed by atoms with van der Waals surface area (Å²) in [6.45, 7) is 2.84. The van der Waals surface area contributed by atoms with E-state index in [0.717, 1.165) is 0 Å². The van der Waals surface area contributed by atoms with Crippen LogP contribution in [0.5, 0.6) is 0 Å². The number of rotatable bonds is 2. The number of carbonyl (C=O) groups excluding carboxylic acids is 2. The lowest BCUT2D eigenvalue weighted by atomic mass is 10.2. The topological polar surface area (TPSA) is 84.9 Å². The van der Waals surface area contributed by atoms with Gasteiger partial charge in [-0.3, -0.25) is 0 Å². The Morgan fingerprint density at radius 3 is 2.40 bits per heavy atom. The summed E-state index contributed by atoms with van der Waals surface area (Å²) in [4.78, 5) is 23.4. The monoisotopic (exact) mass is 297 g/mol. The molecule has 1 aliphatic heterocycles. The quantitative estimate of drug-likeness (QED) is 0.377. The number of aliphatic hydroxyl groups excluding tert-OH is 1. The molecule has 1 fully saturated rings. The fraction of sp³-hybridized carbons (Fsp3) is 0.231. The van der Waals surface area contributed by atoms with Gasteiger partial charge in [-0.1, -0.05) is 17.7 Å². The van der Waals surface area contributed by atoms with Crippen molar-refractivity contribution in [1.29, 1.82) is 0 Å². The van der Waals surface area contributed by atoms with Gasteiger partial charge >= 0.3 is 11.9 Å². The van der Waals surface area contributed by atoms with Gasteiger partial charge in [0.1, 0.15) is 0 Å². The van der Waals surface area contributed by atoms with Gasteiger partial charge in [-0.2, -0.15) is 0 Å². The number of anilines is 1. The SMILES string of the molecule is CC1(C)OC(=O)C(=C(O)Nc2cccc(Cl)c2)C(=O)O1. The van der Waals surface area contributed by atoms with Crippen molar-refractivity contribution < 1.29 is 24.2 Å². The van der Waals surface area contributed by atoms with Crippen molar-refractivity contribution in [2.45, 2.75) is 19.6 Å². The molecule has 0 amide bonds. The van der Waals surface area contributed by atoms with Crippen LogP contribution in [0, 0.1) is 0 Å². The van der Waals surface area contributed by atoms with E-state index in [9.17, 15) is 14.7 Å². The summed E-state index contributed by atoms with van der Waals surface area (Å²) in [5.74, 6) is -3.93. The smallest absolute Gasteiger partial charge is 0.354 e. The molecule has 2 N–H and O–H groups in total. The molecule has 6 nitrogen and oxygen atoms in total. The molecule has 0 bridgehead atoms. The third-order valence-corrected chi connectivity index (χ3v) is 2.64. The maximum absolute atomic E-state index is 11.7. The number of hydrogen-bond acceptors (Lipinski definition) is 6.